The summed E-state index contributed by atoms with van der Waals surface area (Å²) in [6.45, 7) is 8.41. The highest BCUT2D eigenvalue weighted by Crippen LogP contribution is 2.04. The lowest BCUT2D eigenvalue weighted by atomic mass is 10.3. The summed E-state index contributed by atoms with van der Waals surface area (Å²) in [6.07, 6.45) is -2.30. The summed E-state index contributed by atoms with van der Waals surface area (Å²) < 4.78 is 20.6. The second-order valence-electron chi connectivity index (χ2n) is 6.74. The fourth-order valence-corrected chi connectivity index (χ4v) is 1.31. The summed E-state index contributed by atoms with van der Waals surface area (Å²) in [5, 5.41) is 51.3. The van der Waals surface area contributed by atoms with Crippen molar-refractivity contribution < 1.29 is 49.6 Å². The normalized spacial score (nSPS) is 19.6. The van der Waals surface area contributed by atoms with Gasteiger partial charge in [0.05, 0.1) is 77.3 Å². The fraction of sp³-hybridized carbons (Fsp3) is 1.00. The molecule has 1 aliphatic rings. The van der Waals surface area contributed by atoms with Gasteiger partial charge in [0.1, 0.15) is 12.2 Å². The van der Waals surface area contributed by atoms with Crippen LogP contribution >= 0.6 is 0 Å². The number of ether oxygens (including phenoxy) is 4. The van der Waals surface area contributed by atoms with E-state index in [9.17, 15) is 0 Å². The topological polar surface area (TPSA) is 162 Å². The van der Waals surface area contributed by atoms with Gasteiger partial charge in [0.25, 0.3) is 0 Å². The molecule has 1 fully saturated rings. The molecule has 4 atom stereocenters. The van der Waals surface area contributed by atoms with Crippen molar-refractivity contribution in [1.82, 2.24) is 0 Å². The van der Waals surface area contributed by atoms with E-state index in [1.165, 1.54) is 0 Å². The molecule has 0 aromatic rings. The zero-order valence-electron chi connectivity index (χ0n) is 17.4. The third-order valence-corrected chi connectivity index (χ3v) is 2.82. The molecule has 0 aromatic carbocycles. The maximum absolute atomic E-state index is 9.14. The van der Waals surface area contributed by atoms with Gasteiger partial charge in [-0.25, -0.2) is 0 Å². The van der Waals surface area contributed by atoms with Gasteiger partial charge in [0.2, 0.25) is 0 Å². The molecule has 0 aromatic heterocycles. The summed E-state index contributed by atoms with van der Waals surface area (Å²) in [7, 11) is 0. The maximum Gasteiger partial charge on any atom is 0.104 e. The van der Waals surface area contributed by atoms with Gasteiger partial charge >= 0.3 is 0 Å². The molecule has 0 radical (unpaired) electrons. The second kappa shape index (κ2) is 19.9. The lowest BCUT2D eigenvalue weighted by molar-refractivity contribution is -0.0927. The largest absolute Gasteiger partial charge is 0.394 e. The van der Waals surface area contributed by atoms with E-state index >= 15 is 0 Å². The first-order chi connectivity index (χ1) is 13.1. The highest BCUT2D eigenvalue weighted by Gasteiger charge is 2.13. The molecule has 1 aliphatic heterocycles. The SMILES string of the molecule is CC(O)COCC(COCC(C)O)OCC(C)O.CC1CO1.OCC(O)CO. The summed E-state index contributed by atoms with van der Waals surface area (Å²) in [5.41, 5.74) is 0. The Hall–Kier alpha value is -0.400. The van der Waals surface area contributed by atoms with Crippen LogP contribution in [0, 0.1) is 0 Å². The second-order valence-corrected chi connectivity index (χ2v) is 6.74. The third kappa shape index (κ3) is 27.8. The van der Waals surface area contributed by atoms with E-state index in [-0.39, 0.29) is 52.4 Å². The van der Waals surface area contributed by atoms with Gasteiger partial charge in [-0.05, 0) is 27.7 Å². The molecule has 1 rings (SSSR count). The number of hydrogen-bond acceptors (Lipinski definition) is 10. The summed E-state index contributed by atoms with van der Waals surface area (Å²) >= 11 is 0. The monoisotopic (exact) mass is 416 g/mol. The number of rotatable bonds is 13. The highest BCUT2D eigenvalue weighted by atomic mass is 16.6. The Kier molecular flexibility index (Phi) is 21.2. The summed E-state index contributed by atoms with van der Waals surface area (Å²) in [6, 6.07) is 0. The maximum atomic E-state index is 9.14. The van der Waals surface area contributed by atoms with Gasteiger partial charge in [0, 0.05) is 0 Å². The van der Waals surface area contributed by atoms with Gasteiger partial charge in [-0.15, -0.1) is 0 Å². The van der Waals surface area contributed by atoms with Crippen LogP contribution in [0.3, 0.4) is 0 Å². The van der Waals surface area contributed by atoms with Crippen LogP contribution < -0.4 is 0 Å². The van der Waals surface area contributed by atoms with E-state index in [2.05, 4.69) is 6.92 Å². The Morgan fingerprint density at radius 1 is 0.786 bits per heavy atom. The Balaban J connectivity index is 0. The van der Waals surface area contributed by atoms with Crippen LogP contribution in [-0.4, -0.2) is 120 Å². The van der Waals surface area contributed by atoms with Crippen LogP contribution in [-0.2, 0) is 18.9 Å². The van der Waals surface area contributed by atoms with E-state index in [1.807, 2.05) is 0 Å². The van der Waals surface area contributed by atoms with Gasteiger partial charge in [-0.1, -0.05) is 0 Å². The fourth-order valence-electron chi connectivity index (χ4n) is 1.31. The predicted octanol–water partition coefficient (Wildman–Crippen LogP) is -1.72. The van der Waals surface area contributed by atoms with Gasteiger partial charge in [-0.3, -0.25) is 0 Å². The van der Waals surface area contributed by atoms with Crippen molar-refractivity contribution in [2.45, 2.75) is 64.3 Å². The zero-order valence-corrected chi connectivity index (χ0v) is 17.4. The zero-order chi connectivity index (χ0) is 21.9. The minimum atomic E-state index is -0.954. The van der Waals surface area contributed by atoms with Crippen LogP contribution in [0.1, 0.15) is 27.7 Å². The molecule has 1 saturated heterocycles. The first-order valence-electron chi connectivity index (χ1n) is 9.44. The molecule has 0 amide bonds. The third-order valence-electron chi connectivity index (χ3n) is 2.82. The number of aliphatic hydroxyl groups excluding tert-OH is 6. The Morgan fingerprint density at radius 3 is 1.36 bits per heavy atom. The van der Waals surface area contributed by atoms with Crippen molar-refractivity contribution >= 4 is 0 Å². The molecule has 10 heteroatoms. The molecule has 6 N–H and O–H groups in total. The number of hydrogen-bond donors (Lipinski definition) is 6. The van der Waals surface area contributed by atoms with E-state index in [0.29, 0.717) is 6.10 Å². The van der Waals surface area contributed by atoms with Crippen LogP contribution in [0.25, 0.3) is 0 Å². The number of aliphatic hydroxyl groups is 6. The van der Waals surface area contributed by atoms with Crippen molar-refractivity contribution in [3.63, 3.8) is 0 Å². The Labute approximate surface area is 167 Å². The smallest absolute Gasteiger partial charge is 0.104 e. The molecular formula is C18H40O10. The average Bonchev–Trinajstić information content (AvgIpc) is 3.41. The molecule has 28 heavy (non-hydrogen) atoms. The van der Waals surface area contributed by atoms with E-state index in [4.69, 9.17) is 49.6 Å². The first-order valence-corrected chi connectivity index (χ1v) is 9.44. The van der Waals surface area contributed by atoms with Crippen LogP contribution in [0.5, 0.6) is 0 Å². The Bertz CT molecular complexity index is 293. The van der Waals surface area contributed by atoms with Crippen molar-refractivity contribution in [2.75, 3.05) is 52.9 Å². The van der Waals surface area contributed by atoms with Gasteiger partial charge in [-0.2, -0.15) is 0 Å². The predicted molar refractivity (Wildman–Crippen MR) is 102 cm³/mol. The lowest BCUT2D eigenvalue weighted by Crippen LogP contribution is -2.31. The first kappa shape index (κ1) is 29.8. The molecule has 4 unspecified atom stereocenters. The van der Waals surface area contributed by atoms with Gasteiger partial charge in [0.15, 0.2) is 0 Å². The molecule has 172 valence electrons. The van der Waals surface area contributed by atoms with Crippen molar-refractivity contribution in [3.8, 4) is 0 Å². The molecule has 0 bridgehead atoms. The van der Waals surface area contributed by atoms with E-state index in [0.717, 1.165) is 6.61 Å². The van der Waals surface area contributed by atoms with Gasteiger partial charge < -0.3 is 49.6 Å². The Morgan fingerprint density at radius 2 is 1.14 bits per heavy atom. The van der Waals surface area contributed by atoms with Crippen LogP contribution in [0.2, 0.25) is 0 Å². The number of epoxide rings is 1. The molecule has 10 nitrogen and oxygen atoms in total. The van der Waals surface area contributed by atoms with Crippen LogP contribution in [0.15, 0.2) is 0 Å². The van der Waals surface area contributed by atoms with E-state index < -0.39 is 24.4 Å². The van der Waals surface area contributed by atoms with Crippen LogP contribution in [0.4, 0.5) is 0 Å². The minimum Gasteiger partial charge on any atom is -0.394 e. The quantitative estimate of drug-likeness (QED) is 0.191. The molecule has 1 heterocycles. The summed E-state index contributed by atoms with van der Waals surface area (Å²) in [5.74, 6) is 0. The van der Waals surface area contributed by atoms with Crippen molar-refractivity contribution in [3.05, 3.63) is 0 Å². The lowest BCUT2D eigenvalue weighted by Gasteiger charge is -2.20. The molecular weight excluding hydrogens is 376 g/mol. The van der Waals surface area contributed by atoms with E-state index in [1.54, 1.807) is 20.8 Å². The summed E-state index contributed by atoms with van der Waals surface area (Å²) in [4.78, 5) is 0. The average molecular weight is 417 g/mol. The molecule has 0 aliphatic carbocycles. The highest BCUT2D eigenvalue weighted by molar-refractivity contribution is 4.59. The standard InChI is InChI=1S/C12H26O6.C3H8O3.C3H6O/c1-9(13)4-16-7-12(18-6-11(3)15)8-17-5-10(2)14;4-1-3(6)2-5;1-3-2-4-3/h9-15H,4-8H2,1-3H3;3-6H,1-2H2;3H,2H2,1H3. The minimum absolute atomic E-state index is 0.195. The van der Waals surface area contributed by atoms with Crippen molar-refractivity contribution in [1.29, 1.82) is 0 Å². The van der Waals surface area contributed by atoms with Crippen molar-refractivity contribution in [2.24, 2.45) is 0 Å². The molecule has 0 spiro atoms. The molecule has 0 saturated carbocycles.